The largest absolute Gasteiger partial charge is 0.481 e. The lowest BCUT2D eigenvalue weighted by Gasteiger charge is -2.04. The van der Waals surface area contributed by atoms with Crippen molar-refractivity contribution in [3.63, 3.8) is 0 Å². The molecule has 2 rings (SSSR count). The van der Waals surface area contributed by atoms with E-state index in [2.05, 4.69) is 38.4 Å². The predicted molar refractivity (Wildman–Crippen MR) is 90.9 cm³/mol. The summed E-state index contributed by atoms with van der Waals surface area (Å²) in [4.78, 5) is 11.6. The average Bonchev–Trinajstić information content (AvgIpc) is 2.52. The highest BCUT2D eigenvalue weighted by Gasteiger charge is 1.98. The molecule has 0 aliphatic rings. The van der Waals surface area contributed by atoms with Gasteiger partial charge in [0, 0.05) is 10.2 Å². The third-order valence-electron chi connectivity index (χ3n) is 2.60. The average molecular weight is 359 g/mol. The second kappa shape index (κ2) is 8.75. The molecular formula is C17H15BrN2O2. The summed E-state index contributed by atoms with van der Waals surface area (Å²) in [6, 6.07) is 16.5. The Bertz CT molecular complexity index is 678. The van der Waals surface area contributed by atoms with Crippen molar-refractivity contribution in [2.45, 2.75) is 0 Å². The van der Waals surface area contributed by atoms with Gasteiger partial charge in [-0.2, -0.15) is 0 Å². The molecule has 0 saturated carbocycles. The zero-order valence-corrected chi connectivity index (χ0v) is 13.4. The quantitative estimate of drug-likeness (QED) is 0.819. The molecule has 2 N–H and O–H groups in total. The first-order valence-electron chi connectivity index (χ1n) is 6.68. The van der Waals surface area contributed by atoms with Crippen LogP contribution in [-0.2, 0) is 0 Å². The summed E-state index contributed by atoms with van der Waals surface area (Å²) in [5.41, 5.74) is 0.742. The molecule has 0 radical (unpaired) electrons. The molecule has 0 fully saturated rings. The van der Waals surface area contributed by atoms with E-state index in [1.165, 1.54) is 0 Å². The summed E-state index contributed by atoms with van der Waals surface area (Å²) >= 11 is 3.37. The molecule has 22 heavy (non-hydrogen) atoms. The van der Waals surface area contributed by atoms with Crippen LogP contribution in [0.4, 0.5) is 10.5 Å². The molecule has 0 heterocycles. The van der Waals surface area contributed by atoms with Gasteiger partial charge in [-0.1, -0.05) is 52.0 Å². The van der Waals surface area contributed by atoms with Crippen LogP contribution in [0.1, 0.15) is 0 Å². The van der Waals surface area contributed by atoms with Crippen LogP contribution in [0.25, 0.3) is 0 Å². The Morgan fingerprint density at radius 2 is 1.91 bits per heavy atom. The van der Waals surface area contributed by atoms with Gasteiger partial charge >= 0.3 is 6.03 Å². The number of rotatable bonds is 4. The molecule has 0 unspecified atom stereocenters. The number of carbonyl (C=O) groups excluding carboxylic acids is 1. The minimum atomic E-state index is -0.284. The van der Waals surface area contributed by atoms with Gasteiger partial charge in [0.1, 0.15) is 12.4 Å². The van der Waals surface area contributed by atoms with Gasteiger partial charge in [0.15, 0.2) is 0 Å². The molecule has 0 aromatic heterocycles. The molecule has 112 valence electrons. The van der Waals surface area contributed by atoms with Crippen LogP contribution in [0, 0.1) is 11.8 Å². The van der Waals surface area contributed by atoms with Gasteiger partial charge in [0.2, 0.25) is 0 Å². The van der Waals surface area contributed by atoms with Gasteiger partial charge in [-0.15, -0.1) is 0 Å². The summed E-state index contributed by atoms with van der Waals surface area (Å²) in [5.74, 6) is 6.42. The molecule has 0 bridgehead atoms. The molecule has 2 amide bonds. The maximum Gasteiger partial charge on any atom is 0.319 e. The normalized spacial score (nSPS) is 9.32. The minimum Gasteiger partial charge on any atom is -0.481 e. The van der Waals surface area contributed by atoms with Gasteiger partial charge in [-0.25, -0.2) is 4.79 Å². The molecule has 0 saturated heterocycles. The van der Waals surface area contributed by atoms with Crippen molar-refractivity contribution in [3.05, 3.63) is 59.1 Å². The van der Waals surface area contributed by atoms with Gasteiger partial charge in [-0.05, 0) is 30.3 Å². The lowest BCUT2D eigenvalue weighted by molar-refractivity contribution is 0.253. The van der Waals surface area contributed by atoms with Gasteiger partial charge in [-0.3, -0.25) is 0 Å². The Labute approximate surface area is 138 Å². The number of nitrogens with one attached hydrogen (secondary N) is 2. The van der Waals surface area contributed by atoms with Gasteiger partial charge in [0.25, 0.3) is 0 Å². The fourth-order valence-corrected chi connectivity index (χ4v) is 1.99. The topological polar surface area (TPSA) is 50.4 Å². The van der Waals surface area contributed by atoms with Crippen LogP contribution >= 0.6 is 15.9 Å². The Kier molecular flexibility index (Phi) is 6.34. The molecule has 0 aliphatic carbocycles. The maximum absolute atomic E-state index is 11.6. The standard InChI is InChI=1S/C17H15BrN2O2/c18-14-7-6-10-16(13-14)22-12-5-4-11-19-17(21)20-15-8-2-1-3-9-15/h1-3,6-10,13H,11-12H2,(H2,19,20,21). The van der Waals surface area contributed by atoms with Crippen LogP contribution in [0.2, 0.25) is 0 Å². The van der Waals surface area contributed by atoms with Crippen molar-refractivity contribution < 1.29 is 9.53 Å². The second-order valence-corrected chi connectivity index (χ2v) is 5.19. The van der Waals surface area contributed by atoms with E-state index in [1.807, 2.05) is 54.6 Å². The molecule has 0 spiro atoms. The van der Waals surface area contributed by atoms with E-state index in [9.17, 15) is 4.79 Å². The first kappa shape index (κ1) is 15.9. The number of halogens is 1. The lowest BCUT2D eigenvalue weighted by atomic mass is 10.3. The number of para-hydroxylation sites is 1. The number of ether oxygens (including phenoxy) is 1. The predicted octanol–water partition coefficient (Wildman–Crippen LogP) is 3.65. The van der Waals surface area contributed by atoms with Gasteiger partial charge in [0.05, 0.1) is 6.54 Å². The van der Waals surface area contributed by atoms with Crippen molar-refractivity contribution in [1.29, 1.82) is 0 Å². The molecule has 2 aromatic carbocycles. The fourth-order valence-electron chi connectivity index (χ4n) is 1.61. The zero-order valence-electron chi connectivity index (χ0n) is 11.8. The molecule has 5 heteroatoms. The van der Waals surface area contributed by atoms with Crippen LogP contribution in [0.3, 0.4) is 0 Å². The van der Waals surface area contributed by atoms with Crippen LogP contribution < -0.4 is 15.4 Å². The Morgan fingerprint density at radius 3 is 2.68 bits per heavy atom. The smallest absolute Gasteiger partial charge is 0.319 e. The van der Waals surface area contributed by atoms with Crippen LogP contribution in [-0.4, -0.2) is 19.2 Å². The molecule has 4 nitrogen and oxygen atoms in total. The lowest BCUT2D eigenvalue weighted by Crippen LogP contribution is -2.28. The SMILES string of the molecule is O=C(NCC#CCOc1cccc(Br)c1)Nc1ccccc1. The second-order valence-electron chi connectivity index (χ2n) is 4.27. The molecule has 0 aliphatic heterocycles. The van der Waals surface area contributed by atoms with Crippen LogP contribution in [0.15, 0.2) is 59.1 Å². The first-order chi connectivity index (χ1) is 10.7. The van der Waals surface area contributed by atoms with E-state index in [-0.39, 0.29) is 19.2 Å². The molecule has 2 aromatic rings. The third-order valence-corrected chi connectivity index (χ3v) is 3.09. The Hall–Kier alpha value is -2.45. The zero-order chi connectivity index (χ0) is 15.6. The molecular weight excluding hydrogens is 344 g/mol. The fraction of sp³-hybridized carbons (Fsp3) is 0.118. The Balaban J connectivity index is 1.65. The van der Waals surface area contributed by atoms with Crippen molar-refractivity contribution in [2.75, 3.05) is 18.5 Å². The van der Waals surface area contributed by atoms with Crippen LogP contribution in [0.5, 0.6) is 5.75 Å². The van der Waals surface area contributed by atoms with E-state index >= 15 is 0 Å². The number of hydrogen-bond acceptors (Lipinski definition) is 2. The monoisotopic (exact) mass is 358 g/mol. The number of amides is 2. The van der Waals surface area contributed by atoms with Crippen molar-refractivity contribution >= 4 is 27.6 Å². The third kappa shape index (κ3) is 5.90. The highest BCUT2D eigenvalue weighted by atomic mass is 79.9. The summed E-state index contributed by atoms with van der Waals surface area (Å²) in [7, 11) is 0. The van der Waals surface area contributed by atoms with E-state index in [4.69, 9.17) is 4.74 Å². The summed E-state index contributed by atoms with van der Waals surface area (Å²) in [6.07, 6.45) is 0. The number of urea groups is 1. The van der Waals surface area contributed by atoms with Crippen molar-refractivity contribution in [3.8, 4) is 17.6 Å². The Morgan fingerprint density at radius 1 is 1.09 bits per heavy atom. The van der Waals surface area contributed by atoms with E-state index in [0.29, 0.717) is 0 Å². The minimum absolute atomic E-state index is 0.264. The number of benzene rings is 2. The molecule has 0 atom stereocenters. The van der Waals surface area contributed by atoms with E-state index < -0.39 is 0 Å². The summed E-state index contributed by atoms with van der Waals surface area (Å²) in [5, 5.41) is 5.36. The van der Waals surface area contributed by atoms with Crippen molar-refractivity contribution in [1.82, 2.24) is 5.32 Å². The summed E-state index contributed by atoms with van der Waals surface area (Å²) in [6.45, 7) is 0.541. The van der Waals surface area contributed by atoms with E-state index in [0.717, 1.165) is 15.9 Å². The maximum atomic E-state index is 11.6. The number of carbonyl (C=O) groups is 1. The number of anilines is 1. The van der Waals surface area contributed by atoms with E-state index in [1.54, 1.807) is 0 Å². The van der Waals surface area contributed by atoms with Crippen molar-refractivity contribution in [2.24, 2.45) is 0 Å². The first-order valence-corrected chi connectivity index (χ1v) is 7.47. The number of hydrogen-bond donors (Lipinski definition) is 2. The highest BCUT2D eigenvalue weighted by Crippen LogP contribution is 2.17. The summed E-state index contributed by atoms with van der Waals surface area (Å²) < 4.78 is 6.41. The highest BCUT2D eigenvalue weighted by molar-refractivity contribution is 9.10. The van der Waals surface area contributed by atoms with Gasteiger partial charge < -0.3 is 15.4 Å².